The van der Waals surface area contributed by atoms with Crippen molar-refractivity contribution < 1.29 is 14.2 Å². The Kier molecular flexibility index (Phi) is 3.41. The van der Waals surface area contributed by atoms with Crippen LogP contribution in [0.15, 0.2) is 24.7 Å². The van der Waals surface area contributed by atoms with Gasteiger partial charge in [-0.1, -0.05) is 0 Å². The summed E-state index contributed by atoms with van der Waals surface area (Å²) in [6, 6.07) is 3.62. The summed E-state index contributed by atoms with van der Waals surface area (Å²) in [6.07, 6.45) is 3.35. The molecule has 3 heterocycles. The van der Waals surface area contributed by atoms with Crippen molar-refractivity contribution in [1.82, 2.24) is 29.4 Å². The lowest BCUT2D eigenvalue weighted by molar-refractivity contribution is 0.324. The quantitative estimate of drug-likeness (QED) is 0.558. The van der Waals surface area contributed by atoms with Crippen LogP contribution in [0, 0.1) is 0 Å². The smallest absolute Gasteiger partial charge is 0.203 e. The fourth-order valence-electron chi connectivity index (χ4n) is 2.77. The largest absolute Gasteiger partial charge is 0.493 e. The molecule has 0 aliphatic carbocycles. The number of rotatable bonds is 4. The van der Waals surface area contributed by atoms with Crippen molar-refractivity contribution in [3.8, 4) is 28.6 Å². The van der Waals surface area contributed by atoms with E-state index in [4.69, 9.17) is 14.2 Å². The number of hydrogen-bond acceptors (Lipinski definition) is 7. The van der Waals surface area contributed by atoms with Gasteiger partial charge in [-0.25, -0.2) is 14.5 Å². The molecule has 9 heteroatoms. The Morgan fingerprint density at radius 1 is 0.960 bits per heavy atom. The Bertz CT molecular complexity index is 1060. The highest BCUT2D eigenvalue weighted by molar-refractivity contribution is 5.89. The molecular weight excluding hydrogens is 324 g/mol. The first-order valence-corrected chi connectivity index (χ1v) is 7.49. The average molecular weight is 340 g/mol. The molecule has 0 saturated heterocycles. The fourth-order valence-corrected chi connectivity index (χ4v) is 2.77. The van der Waals surface area contributed by atoms with Crippen LogP contribution in [-0.4, -0.2) is 50.7 Å². The van der Waals surface area contributed by atoms with Crippen LogP contribution >= 0.6 is 0 Å². The topological polar surface area (TPSA) is 88.6 Å². The van der Waals surface area contributed by atoms with Gasteiger partial charge in [0.25, 0.3) is 0 Å². The molecule has 0 radical (unpaired) electrons. The maximum absolute atomic E-state index is 5.40. The second-order valence-electron chi connectivity index (χ2n) is 5.37. The van der Waals surface area contributed by atoms with Gasteiger partial charge in [0.15, 0.2) is 28.6 Å². The molecule has 0 N–H and O–H groups in total. The Balaban J connectivity index is 1.93. The van der Waals surface area contributed by atoms with Crippen molar-refractivity contribution in [3.63, 3.8) is 0 Å². The van der Waals surface area contributed by atoms with Gasteiger partial charge in [0.05, 0.1) is 32.9 Å². The lowest BCUT2D eigenvalue weighted by Gasteiger charge is -2.12. The van der Waals surface area contributed by atoms with E-state index in [1.165, 1.54) is 0 Å². The number of aryl methyl sites for hydroxylation is 1. The standard InChI is InChI=1S/C16H16N6O3/c1-21-15-10(7-18-21)16-19-14(20-22(16)8-17-15)9-5-11(23-2)13(25-4)12(6-9)24-3/h5-8H,1-4H3. The van der Waals surface area contributed by atoms with Crippen molar-refractivity contribution in [2.45, 2.75) is 0 Å². The molecule has 0 amide bonds. The van der Waals surface area contributed by atoms with Crippen LogP contribution in [0.3, 0.4) is 0 Å². The Morgan fingerprint density at radius 2 is 1.68 bits per heavy atom. The summed E-state index contributed by atoms with van der Waals surface area (Å²) in [5, 5.41) is 9.55. The third-order valence-electron chi connectivity index (χ3n) is 3.99. The first-order valence-electron chi connectivity index (χ1n) is 7.49. The maximum atomic E-state index is 5.40. The third-order valence-corrected chi connectivity index (χ3v) is 3.99. The van der Waals surface area contributed by atoms with Gasteiger partial charge in [-0.2, -0.15) is 5.10 Å². The summed E-state index contributed by atoms with van der Waals surface area (Å²) >= 11 is 0. The van der Waals surface area contributed by atoms with Gasteiger partial charge in [0.1, 0.15) is 6.33 Å². The number of aromatic nitrogens is 6. The molecule has 0 aliphatic heterocycles. The van der Waals surface area contributed by atoms with Gasteiger partial charge < -0.3 is 14.2 Å². The minimum Gasteiger partial charge on any atom is -0.493 e. The molecule has 0 unspecified atom stereocenters. The van der Waals surface area contributed by atoms with Gasteiger partial charge in [0.2, 0.25) is 5.75 Å². The van der Waals surface area contributed by atoms with E-state index in [2.05, 4.69) is 20.2 Å². The Morgan fingerprint density at radius 3 is 2.32 bits per heavy atom. The Hall–Kier alpha value is -3.36. The molecule has 1 aromatic carbocycles. The zero-order valence-electron chi connectivity index (χ0n) is 14.2. The van der Waals surface area contributed by atoms with Crippen LogP contribution in [0.5, 0.6) is 17.2 Å². The summed E-state index contributed by atoms with van der Waals surface area (Å²) in [6.45, 7) is 0. The molecule has 0 spiro atoms. The lowest BCUT2D eigenvalue weighted by Crippen LogP contribution is -1.96. The SMILES string of the molecule is COc1cc(-c2nc3c4cnn(C)c4ncn3n2)cc(OC)c1OC. The fraction of sp³-hybridized carbons (Fsp3) is 0.250. The van der Waals surface area contributed by atoms with Crippen LogP contribution in [0.2, 0.25) is 0 Å². The summed E-state index contributed by atoms with van der Waals surface area (Å²) in [4.78, 5) is 9.00. The first-order chi connectivity index (χ1) is 12.2. The summed E-state index contributed by atoms with van der Waals surface area (Å²) in [7, 11) is 6.54. The van der Waals surface area contributed by atoms with E-state index < -0.39 is 0 Å². The summed E-state index contributed by atoms with van der Waals surface area (Å²) in [5.74, 6) is 2.13. The molecule has 128 valence electrons. The van der Waals surface area contributed by atoms with Crippen LogP contribution in [-0.2, 0) is 7.05 Å². The molecule has 4 rings (SSSR count). The molecule has 0 fully saturated rings. The highest BCUT2D eigenvalue weighted by Crippen LogP contribution is 2.40. The van der Waals surface area contributed by atoms with E-state index in [9.17, 15) is 0 Å². The maximum Gasteiger partial charge on any atom is 0.203 e. The molecule has 3 aromatic heterocycles. The molecule has 0 atom stereocenters. The highest BCUT2D eigenvalue weighted by Gasteiger charge is 2.18. The molecular formula is C16H16N6O3. The molecule has 0 aliphatic rings. The van der Waals surface area contributed by atoms with Crippen LogP contribution in [0.1, 0.15) is 0 Å². The molecule has 4 aromatic rings. The lowest BCUT2D eigenvalue weighted by atomic mass is 10.1. The second kappa shape index (κ2) is 5.62. The van der Waals surface area contributed by atoms with Crippen LogP contribution < -0.4 is 14.2 Å². The number of nitrogens with zero attached hydrogens (tertiary/aromatic N) is 6. The van der Waals surface area contributed by atoms with Gasteiger partial charge in [-0.3, -0.25) is 4.68 Å². The van der Waals surface area contributed by atoms with Gasteiger partial charge in [-0.15, -0.1) is 5.10 Å². The van der Waals surface area contributed by atoms with Crippen molar-refractivity contribution in [1.29, 1.82) is 0 Å². The van der Waals surface area contributed by atoms with Gasteiger partial charge in [-0.05, 0) is 12.1 Å². The summed E-state index contributed by atoms with van der Waals surface area (Å²) in [5.41, 5.74) is 2.17. The Labute approximate surface area is 142 Å². The van der Waals surface area contributed by atoms with Crippen molar-refractivity contribution in [2.24, 2.45) is 7.05 Å². The van der Waals surface area contributed by atoms with Crippen molar-refractivity contribution in [3.05, 3.63) is 24.7 Å². The van der Waals surface area contributed by atoms with E-state index in [0.29, 0.717) is 28.7 Å². The minimum atomic E-state index is 0.522. The van der Waals surface area contributed by atoms with Gasteiger partial charge >= 0.3 is 0 Å². The number of hydrogen-bond donors (Lipinski definition) is 0. The zero-order valence-corrected chi connectivity index (χ0v) is 14.2. The first kappa shape index (κ1) is 15.2. The number of fused-ring (bicyclic) bond motifs is 3. The predicted octanol–water partition coefficient (Wildman–Crippen LogP) is 1.70. The van der Waals surface area contributed by atoms with Crippen molar-refractivity contribution in [2.75, 3.05) is 21.3 Å². The van der Waals surface area contributed by atoms with E-state index in [1.54, 1.807) is 43.1 Å². The zero-order chi connectivity index (χ0) is 17.6. The van der Waals surface area contributed by atoms with Gasteiger partial charge in [0, 0.05) is 12.6 Å². The summed E-state index contributed by atoms with van der Waals surface area (Å²) < 4.78 is 19.5. The monoisotopic (exact) mass is 340 g/mol. The number of ether oxygens (including phenoxy) is 3. The average Bonchev–Trinajstić information content (AvgIpc) is 3.24. The molecule has 0 bridgehead atoms. The molecule has 9 nitrogen and oxygen atoms in total. The van der Waals surface area contributed by atoms with Crippen molar-refractivity contribution >= 4 is 16.7 Å². The normalized spacial score (nSPS) is 11.2. The van der Waals surface area contributed by atoms with E-state index in [-0.39, 0.29) is 0 Å². The van der Waals surface area contributed by atoms with E-state index in [1.807, 2.05) is 19.2 Å². The number of benzene rings is 1. The van der Waals surface area contributed by atoms with Crippen LogP contribution in [0.25, 0.3) is 28.1 Å². The second-order valence-corrected chi connectivity index (χ2v) is 5.37. The number of methoxy groups -OCH3 is 3. The predicted molar refractivity (Wildman–Crippen MR) is 90.1 cm³/mol. The van der Waals surface area contributed by atoms with E-state index in [0.717, 1.165) is 16.6 Å². The third kappa shape index (κ3) is 2.24. The van der Waals surface area contributed by atoms with E-state index >= 15 is 0 Å². The van der Waals surface area contributed by atoms with Crippen LogP contribution in [0.4, 0.5) is 0 Å². The highest BCUT2D eigenvalue weighted by atomic mass is 16.5. The molecule has 0 saturated carbocycles. The minimum absolute atomic E-state index is 0.522. The molecule has 25 heavy (non-hydrogen) atoms.